The van der Waals surface area contributed by atoms with Crippen molar-refractivity contribution in [2.45, 2.75) is 12.5 Å². The highest BCUT2D eigenvalue weighted by Gasteiger charge is 2.26. The zero-order valence-electron chi connectivity index (χ0n) is 13.3. The van der Waals surface area contributed by atoms with Crippen molar-refractivity contribution in [3.05, 3.63) is 59.7 Å². The number of nitrogens with zero attached hydrogens (tertiary/aromatic N) is 1. The minimum absolute atomic E-state index is 0.306. The van der Waals surface area contributed by atoms with Crippen LogP contribution in [0.25, 0.3) is 0 Å². The van der Waals surface area contributed by atoms with E-state index in [1.165, 1.54) is 10.6 Å². The number of hydrogen-bond donors (Lipinski definition) is 2. The van der Waals surface area contributed by atoms with Gasteiger partial charge in [-0.3, -0.25) is 9.10 Å². The van der Waals surface area contributed by atoms with E-state index in [2.05, 4.69) is 5.32 Å². The van der Waals surface area contributed by atoms with Crippen molar-refractivity contribution in [3.8, 4) is 0 Å². The van der Waals surface area contributed by atoms with Crippen LogP contribution in [0.5, 0.6) is 0 Å². The first-order valence-corrected chi connectivity index (χ1v) is 9.43. The fraction of sp³-hybridized carbons (Fsp3) is 0.235. The number of fused-ring (bicyclic) bond motifs is 1. The number of benzene rings is 2. The van der Waals surface area contributed by atoms with E-state index in [9.17, 15) is 13.2 Å². The number of rotatable bonds is 4. The Balaban J connectivity index is 1.77. The molecule has 0 saturated heterocycles. The molecule has 7 heteroatoms. The van der Waals surface area contributed by atoms with Gasteiger partial charge in [0.05, 0.1) is 11.9 Å². The lowest BCUT2D eigenvalue weighted by Gasteiger charge is -2.17. The first kappa shape index (κ1) is 16.5. The standard InChI is InChI=1S/C17H19N3O3S/c1-24(22,23)20-10-9-13-11-14(7-8-15(13)20)19-17(21)16(18)12-5-3-2-4-6-12/h2-8,11,16H,9-10,18H2,1H3,(H,19,21)/t16-/m0/s1. The fourth-order valence-corrected chi connectivity index (χ4v) is 3.78. The second-order valence-corrected chi connectivity index (χ2v) is 7.71. The van der Waals surface area contributed by atoms with Gasteiger partial charge in [0.2, 0.25) is 15.9 Å². The molecule has 126 valence electrons. The maximum atomic E-state index is 12.3. The Hall–Kier alpha value is -2.38. The number of hydrogen-bond acceptors (Lipinski definition) is 4. The lowest BCUT2D eigenvalue weighted by molar-refractivity contribution is -0.117. The van der Waals surface area contributed by atoms with Crippen LogP contribution >= 0.6 is 0 Å². The van der Waals surface area contributed by atoms with Gasteiger partial charge in [0.1, 0.15) is 6.04 Å². The van der Waals surface area contributed by atoms with Gasteiger partial charge in [-0.2, -0.15) is 0 Å². The van der Waals surface area contributed by atoms with Crippen molar-refractivity contribution < 1.29 is 13.2 Å². The third-order valence-corrected chi connectivity index (χ3v) is 5.22. The molecule has 1 atom stereocenters. The highest BCUT2D eigenvalue weighted by molar-refractivity contribution is 7.92. The molecule has 6 nitrogen and oxygen atoms in total. The van der Waals surface area contributed by atoms with Crippen molar-refractivity contribution in [3.63, 3.8) is 0 Å². The fourth-order valence-electron chi connectivity index (χ4n) is 2.83. The molecule has 0 aliphatic carbocycles. The van der Waals surface area contributed by atoms with Gasteiger partial charge in [0, 0.05) is 12.2 Å². The SMILES string of the molecule is CS(=O)(=O)N1CCc2cc(NC(=O)[C@@H](N)c3ccccc3)ccc21. The molecule has 0 saturated carbocycles. The monoisotopic (exact) mass is 345 g/mol. The number of nitrogens with one attached hydrogen (secondary N) is 1. The van der Waals surface area contributed by atoms with E-state index in [4.69, 9.17) is 5.73 Å². The Kier molecular flexibility index (Phi) is 4.29. The largest absolute Gasteiger partial charge is 0.324 e. The molecule has 2 aromatic carbocycles. The Bertz CT molecular complexity index is 866. The Morgan fingerprint density at radius 1 is 1.21 bits per heavy atom. The van der Waals surface area contributed by atoms with Crippen LogP contribution in [0.2, 0.25) is 0 Å². The van der Waals surface area contributed by atoms with E-state index in [1.807, 2.05) is 18.2 Å². The summed E-state index contributed by atoms with van der Waals surface area (Å²) in [6.07, 6.45) is 1.81. The summed E-state index contributed by atoms with van der Waals surface area (Å²) in [5.41, 5.74) is 8.89. The smallest absolute Gasteiger partial charge is 0.245 e. The van der Waals surface area contributed by atoms with E-state index in [0.29, 0.717) is 24.3 Å². The Morgan fingerprint density at radius 2 is 1.92 bits per heavy atom. The van der Waals surface area contributed by atoms with Crippen LogP contribution in [0.1, 0.15) is 17.2 Å². The normalized spacial score (nSPS) is 15.0. The average Bonchev–Trinajstić information content (AvgIpc) is 2.98. The van der Waals surface area contributed by atoms with Crippen LogP contribution in [-0.2, 0) is 21.2 Å². The van der Waals surface area contributed by atoms with Crippen molar-refractivity contribution >= 4 is 27.3 Å². The first-order chi connectivity index (χ1) is 11.4. The highest BCUT2D eigenvalue weighted by atomic mass is 32.2. The van der Waals surface area contributed by atoms with Gasteiger partial charge in [-0.05, 0) is 35.7 Å². The molecule has 0 aromatic heterocycles. The predicted molar refractivity (Wildman–Crippen MR) is 94.3 cm³/mol. The van der Waals surface area contributed by atoms with Crippen LogP contribution in [0.15, 0.2) is 48.5 Å². The molecular formula is C17H19N3O3S. The predicted octanol–water partition coefficient (Wildman–Crippen LogP) is 1.65. The quantitative estimate of drug-likeness (QED) is 0.881. The molecule has 1 aliphatic rings. The van der Waals surface area contributed by atoms with Gasteiger partial charge < -0.3 is 11.1 Å². The van der Waals surface area contributed by atoms with E-state index in [1.54, 1.807) is 30.3 Å². The second kappa shape index (κ2) is 6.26. The van der Waals surface area contributed by atoms with E-state index >= 15 is 0 Å². The van der Waals surface area contributed by atoms with E-state index in [-0.39, 0.29) is 5.91 Å². The molecule has 0 spiro atoms. The molecule has 1 heterocycles. The van der Waals surface area contributed by atoms with Crippen molar-refractivity contribution in [2.75, 3.05) is 22.4 Å². The van der Waals surface area contributed by atoms with Crippen LogP contribution in [-0.4, -0.2) is 27.1 Å². The Labute approximate surface area is 141 Å². The summed E-state index contributed by atoms with van der Waals surface area (Å²) in [6.45, 7) is 0.426. The van der Waals surface area contributed by atoms with Gasteiger partial charge in [0.25, 0.3) is 0 Å². The highest BCUT2D eigenvalue weighted by Crippen LogP contribution is 2.32. The molecule has 1 amide bonds. The Morgan fingerprint density at radius 3 is 2.58 bits per heavy atom. The van der Waals surface area contributed by atoms with Gasteiger partial charge in [0.15, 0.2) is 0 Å². The van der Waals surface area contributed by atoms with Crippen LogP contribution in [0, 0.1) is 0 Å². The molecule has 0 bridgehead atoms. The molecule has 0 unspecified atom stereocenters. The molecular weight excluding hydrogens is 326 g/mol. The third kappa shape index (κ3) is 3.27. The zero-order chi connectivity index (χ0) is 17.3. The first-order valence-electron chi connectivity index (χ1n) is 7.58. The van der Waals surface area contributed by atoms with Gasteiger partial charge in [-0.25, -0.2) is 8.42 Å². The topological polar surface area (TPSA) is 92.5 Å². The third-order valence-electron chi connectivity index (χ3n) is 4.04. The molecule has 2 aromatic rings. The lowest BCUT2D eigenvalue weighted by Crippen LogP contribution is -2.28. The van der Waals surface area contributed by atoms with Crippen molar-refractivity contribution in [1.82, 2.24) is 0 Å². The summed E-state index contributed by atoms with van der Waals surface area (Å²) in [4.78, 5) is 12.3. The zero-order valence-corrected chi connectivity index (χ0v) is 14.1. The summed E-state index contributed by atoms with van der Waals surface area (Å²) in [7, 11) is -3.28. The van der Waals surface area contributed by atoms with Gasteiger partial charge in [-0.15, -0.1) is 0 Å². The average molecular weight is 345 g/mol. The van der Waals surface area contributed by atoms with Crippen LogP contribution < -0.4 is 15.4 Å². The number of anilines is 2. The summed E-state index contributed by atoms with van der Waals surface area (Å²) in [6, 6.07) is 13.6. The number of sulfonamides is 1. The molecule has 0 radical (unpaired) electrons. The second-order valence-electron chi connectivity index (χ2n) is 5.81. The lowest BCUT2D eigenvalue weighted by atomic mass is 10.1. The number of nitrogens with two attached hydrogens (primary N) is 1. The number of carbonyl (C=O) groups excluding carboxylic acids is 1. The minimum Gasteiger partial charge on any atom is -0.324 e. The molecule has 24 heavy (non-hydrogen) atoms. The van der Waals surface area contributed by atoms with Crippen LogP contribution in [0.3, 0.4) is 0 Å². The van der Waals surface area contributed by atoms with Crippen molar-refractivity contribution in [2.24, 2.45) is 5.73 Å². The maximum absolute atomic E-state index is 12.3. The van der Waals surface area contributed by atoms with Gasteiger partial charge >= 0.3 is 0 Å². The molecule has 1 aliphatic heterocycles. The summed E-state index contributed by atoms with van der Waals surface area (Å²) in [5.74, 6) is -0.306. The van der Waals surface area contributed by atoms with E-state index < -0.39 is 16.1 Å². The van der Waals surface area contributed by atoms with Gasteiger partial charge in [-0.1, -0.05) is 30.3 Å². The van der Waals surface area contributed by atoms with Crippen molar-refractivity contribution in [1.29, 1.82) is 0 Å². The summed E-state index contributed by atoms with van der Waals surface area (Å²) in [5, 5.41) is 2.79. The van der Waals surface area contributed by atoms with Crippen LogP contribution in [0.4, 0.5) is 11.4 Å². The summed E-state index contributed by atoms with van der Waals surface area (Å²) >= 11 is 0. The number of carbonyl (C=O) groups is 1. The maximum Gasteiger partial charge on any atom is 0.245 e. The minimum atomic E-state index is -3.28. The molecule has 3 N–H and O–H groups in total. The molecule has 0 fully saturated rings. The summed E-state index contributed by atoms with van der Waals surface area (Å²) < 4.78 is 24.9. The molecule has 3 rings (SSSR count). The number of amides is 1. The van der Waals surface area contributed by atoms with E-state index in [0.717, 1.165) is 11.1 Å².